The molecule has 4 N–H and O–H groups in total. The van der Waals surface area contributed by atoms with Crippen LogP contribution in [0.4, 0.5) is 0 Å². The Morgan fingerprint density at radius 3 is 0.875 bits per heavy atom. The van der Waals surface area contributed by atoms with Crippen LogP contribution in [0.1, 0.15) is 0 Å². The first-order valence-corrected chi connectivity index (χ1v) is 21.0. The van der Waals surface area contributed by atoms with Crippen LogP contribution in [-0.2, 0) is 0 Å². The van der Waals surface area contributed by atoms with Crippen molar-refractivity contribution in [3.63, 3.8) is 0 Å². The molecule has 0 saturated heterocycles. The Morgan fingerprint density at radius 2 is 0.700 bits per heavy atom. The summed E-state index contributed by atoms with van der Waals surface area (Å²) >= 11 is 0. The van der Waals surface area contributed by atoms with Crippen LogP contribution in [0.5, 0.6) is 0 Å². The number of nitrogens with zero attached hydrogens (tertiary/aromatic N) is 12. The fraction of sp³-hybridized carbons (Fsp3) is 1.00. The van der Waals surface area contributed by atoms with Crippen LogP contribution in [-0.4, -0.2) is 167 Å². The highest BCUT2D eigenvalue weighted by atomic mass is 31.3. The van der Waals surface area contributed by atoms with E-state index in [-0.39, 0.29) is 0 Å². The zero-order chi connectivity index (χ0) is 31.9. The largest absolute Gasteiger partial charge is 0.313 e. The van der Waals surface area contributed by atoms with Gasteiger partial charge in [-0.25, -0.2) is 0 Å². The van der Waals surface area contributed by atoms with Crippen LogP contribution >= 0.6 is 37.5 Å². The monoisotopic (exact) mass is 668 g/mol. The van der Waals surface area contributed by atoms with Crippen LogP contribution in [0.2, 0.25) is 0 Å². The average Bonchev–Trinajstić information content (AvgIpc) is 2.86. The Labute approximate surface area is 247 Å². The molecule has 0 radical (unpaired) electrons. The molecule has 242 valence electrons. The molecule has 40 heavy (non-hydrogen) atoms. The molecule has 0 aliphatic rings. The molecular weight excluding hydrogens is 607 g/mol. The van der Waals surface area contributed by atoms with Crippen LogP contribution in [0.25, 0.3) is 0 Å². The lowest BCUT2D eigenvalue weighted by Crippen LogP contribution is -2.31. The third-order valence-corrected chi connectivity index (χ3v) is 24.9. The zero-order valence-corrected chi connectivity index (χ0v) is 33.1. The van der Waals surface area contributed by atoms with Crippen molar-refractivity contribution in [3.05, 3.63) is 0 Å². The summed E-state index contributed by atoms with van der Waals surface area (Å²) in [5.74, 6) is 0. The molecule has 0 amide bonds. The summed E-state index contributed by atoms with van der Waals surface area (Å²) in [5, 5.41) is 13.9. The number of rotatable bonds is 15. The van der Waals surface area contributed by atoms with Gasteiger partial charge < -0.3 is 0 Å². The van der Waals surface area contributed by atoms with Crippen molar-refractivity contribution in [1.29, 1.82) is 0 Å². The molecule has 0 heterocycles. The minimum Gasteiger partial charge on any atom is -0.262 e. The molecular formula is C19H61N16P5. The molecule has 0 rings (SSSR count). The van der Waals surface area contributed by atoms with Gasteiger partial charge in [0.05, 0.1) is 0 Å². The van der Waals surface area contributed by atoms with Gasteiger partial charge in [-0.2, -0.15) is 18.1 Å². The number of nitrogens with one attached hydrogen (secondary N) is 4. The molecule has 16 nitrogen and oxygen atoms in total. The van der Waals surface area contributed by atoms with Crippen molar-refractivity contribution in [1.82, 2.24) is 53.0 Å². The summed E-state index contributed by atoms with van der Waals surface area (Å²) < 4.78 is 42.7. The fourth-order valence-electron chi connectivity index (χ4n) is 4.46. The second-order valence-corrected chi connectivity index (χ2v) is 26.5. The lowest BCUT2D eigenvalue weighted by Gasteiger charge is -2.44. The van der Waals surface area contributed by atoms with E-state index in [0.29, 0.717) is 0 Å². The van der Waals surface area contributed by atoms with Gasteiger partial charge in [-0.1, -0.05) is 0 Å². The molecule has 0 saturated carbocycles. The van der Waals surface area contributed by atoms with Crippen molar-refractivity contribution < 1.29 is 0 Å². The summed E-state index contributed by atoms with van der Waals surface area (Å²) in [6.45, 7) is 0. The molecule has 0 aliphatic heterocycles. The standard InChI is InChI=1S/C19H61N16P5/c1-20-36(21-2,22-3)25-37(26-38(23-4,29(6)7)30(8)9,27-39(24-5,31(10)11)32(12)13)28-40(33(14)15,34(16)17)35(18)19/h20-21,23-24H,1-19H3. The molecule has 21 heteroatoms. The van der Waals surface area contributed by atoms with E-state index in [1.807, 2.05) is 84.6 Å². The van der Waals surface area contributed by atoms with Crippen molar-refractivity contribution in [3.8, 4) is 0 Å². The number of hydrogen-bond donors (Lipinski definition) is 4. The van der Waals surface area contributed by atoms with Crippen molar-refractivity contribution in [2.45, 2.75) is 0 Å². The number of hydrogen-bond acceptors (Lipinski definition) is 1. The van der Waals surface area contributed by atoms with E-state index in [2.05, 4.69) is 95.3 Å². The van der Waals surface area contributed by atoms with Crippen LogP contribution in [0.15, 0.2) is 22.8 Å². The van der Waals surface area contributed by atoms with Gasteiger partial charge in [-0.05, 0) is 127 Å². The first-order chi connectivity index (χ1) is 18.2. The van der Waals surface area contributed by atoms with Gasteiger partial charge in [-0.15, -0.1) is 0 Å². The van der Waals surface area contributed by atoms with E-state index < -0.39 is 37.5 Å². The van der Waals surface area contributed by atoms with Crippen molar-refractivity contribution in [2.75, 3.05) is 134 Å². The van der Waals surface area contributed by atoms with Gasteiger partial charge in [0.1, 0.15) is 0 Å². The van der Waals surface area contributed by atoms with E-state index in [1.54, 1.807) is 7.05 Å². The third kappa shape index (κ3) is 8.24. The first-order valence-electron chi connectivity index (χ1n) is 12.8. The molecule has 0 aromatic rings. The highest BCUT2D eigenvalue weighted by molar-refractivity contribution is 7.83. The van der Waals surface area contributed by atoms with E-state index in [9.17, 15) is 0 Å². The molecule has 0 aromatic heterocycles. The van der Waals surface area contributed by atoms with Gasteiger partial charge in [0.25, 0.3) is 0 Å². The van der Waals surface area contributed by atoms with Gasteiger partial charge in [0, 0.05) is 7.05 Å². The summed E-state index contributed by atoms with van der Waals surface area (Å²) in [6.07, 6.45) is 0. The molecule has 0 fully saturated rings. The molecule has 0 aromatic carbocycles. The smallest absolute Gasteiger partial charge is 0.262 e. The van der Waals surface area contributed by atoms with Crippen LogP contribution < -0.4 is 20.3 Å². The quantitative estimate of drug-likeness (QED) is 0.188. The predicted octanol–water partition coefficient (Wildman–Crippen LogP) is 4.16. The summed E-state index contributed by atoms with van der Waals surface area (Å²) in [5.41, 5.74) is 0. The fourth-order valence-corrected chi connectivity index (χ4v) is 24.6. The SMILES string of the molecule is CN=P(N=P(N=P(NC)(N(C)C)N(C)C)(N=P(NC)(N(C)C)N(C)C)N=P(N(C)C)(N(C)C)N(C)C)(NC)NC. The van der Waals surface area contributed by atoms with Gasteiger partial charge in [0.15, 0.2) is 22.5 Å². The Kier molecular flexibility index (Phi) is 16.4. The molecule has 0 bridgehead atoms. The molecule has 0 atom stereocenters. The summed E-state index contributed by atoms with van der Waals surface area (Å²) in [7, 11) is 24.4. The predicted molar refractivity (Wildman–Crippen MR) is 185 cm³/mol. The first kappa shape index (κ1) is 40.7. The minimum absolute atomic E-state index is 1.78. The van der Waals surface area contributed by atoms with Crippen molar-refractivity contribution in [2.24, 2.45) is 22.8 Å². The lowest BCUT2D eigenvalue weighted by atomic mass is 11.2. The summed E-state index contributed by atoms with van der Waals surface area (Å²) in [4.78, 5) is 0. The Hall–Kier alpha value is 0.710. The molecule has 0 aliphatic carbocycles. The summed E-state index contributed by atoms with van der Waals surface area (Å²) in [6, 6.07) is 0. The van der Waals surface area contributed by atoms with E-state index in [0.717, 1.165) is 0 Å². The normalized spacial score (nSPS) is 14.3. The maximum absolute atomic E-state index is 5.82. The van der Waals surface area contributed by atoms with Crippen molar-refractivity contribution >= 4 is 37.5 Å². The van der Waals surface area contributed by atoms with Crippen LogP contribution in [0.3, 0.4) is 0 Å². The molecule has 0 unspecified atom stereocenters. The zero-order valence-electron chi connectivity index (χ0n) is 28.6. The highest BCUT2D eigenvalue weighted by Crippen LogP contribution is 2.78. The maximum Gasteiger partial charge on any atom is 0.313 e. The van der Waals surface area contributed by atoms with Gasteiger partial charge in [0.2, 0.25) is 7.51 Å². The average molecular weight is 669 g/mol. The molecule has 0 spiro atoms. The minimum atomic E-state index is -3.38. The van der Waals surface area contributed by atoms with E-state index >= 15 is 0 Å². The van der Waals surface area contributed by atoms with E-state index in [4.69, 9.17) is 22.8 Å². The van der Waals surface area contributed by atoms with E-state index in [1.165, 1.54) is 0 Å². The van der Waals surface area contributed by atoms with Gasteiger partial charge in [-0.3, -0.25) is 57.8 Å². The Balaban J connectivity index is 9.59. The van der Waals surface area contributed by atoms with Gasteiger partial charge >= 0.3 is 7.51 Å². The topological polar surface area (TPSA) is 133 Å². The lowest BCUT2D eigenvalue weighted by molar-refractivity contribution is 0.475. The highest BCUT2D eigenvalue weighted by Gasteiger charge is 2.40. The second-order valence-electron chi connectivity index (χ2n) is 10.2. The van der Waals surface area contributed by atoms with Crippen LogP contribution in [0, 0.1) is 0 Å². The third-order valence-electron chi connectivity index (χ3n) is 6.33. The Morgan fingerprint density at radius 1 is 0.400 bits per heavy atom. The second kappa shape index (κ2) is 16.1. The maximum atomic E-state index is 5.82. The Bertz CT molecular complexity index is 988.